The number of aliphatic hydroxyl groups is 1. The van der Waals surface area contributed by atoms with E-state index in [2.05, 4.69) is 11.8 Å². The highest BCUT2D eigenvalue weighted by molar-refractivity contribution is 4.86. The van der Waals surface area contributed by atoms with Gasteiger partial charge in [-0.2, -0.15) is 0 Å². The maximum absolute atomic E-state index is 10.5. The maximum atomic E-state index is 10.5. The molecule has 2 rings (SSSR count). The van der Waals surface area contributed by atoms with E-state index in [-0.39, 0.29) is 0 Å². The first kappa shape index (κ1) is 12.3. The van der Waals surface area contributed by atoms with Crippen LogP contribution in [-0.4, -0.2) is 48.0 Å². The lowest BCUT2D eigenvalue weighted by Gasteiger charge is -2.37. The molecule has 3 heteroatoms. The summed E-state index contributed by atoms with van der Waals surface area (Å²) in [5, 5.41) is 10.5. The van der Waals surface area contributed by atoms with E-state index < -0.39 is 5.60 Å². The highest BCUT2D eigenvalue weighted by Gasteiger charge is 2.32. The Morgan fingerprint density at radius 3 is 2.75 bits per heavy atom. The number of hydrogen-bond acceptors (Lipinski definition) is 3. The molecule has 16 heavy (non-hydrogen) atoms. The number of ether oxygens (including phenoxy) is 1. The van der Waals surface area contributed by atoms with E-state index >= 15 is 0 Å². The van der Waals surface area contributed by atoms with Crippen molar-refractivity contribution in [2.75, 3.05) is 26.2 Å². The first-order valence-corrected chi connectivity index (χ1v) is 6.74. The molecule has 0 spiro atoms. The molecule has 1 N–H and O–H groups in total. The van der Waals surface area contributed by atoms with Crippen molar-refractivity contribution in [3.63, 3.8) is 0 Å². The van der Waals surface area contributed by atoms with Crippen molar-refractivity contribution >= 4 is 0 Å². The van der Waals surface area contributed by atoms with Crippen LogP contribution in [0.15, 0.2) is 0 Å². The second-order valence-electron chi connectivity index (χ2n) is 5.56. The van der Waals surface area contributed by atoms with Crippen LogP contribution in [0.3, 0.4) is 0 Å². The lowest BCUT2D eigenvalue weighted by atomic mass is 9.84. The Balaban J connectivity index is 1.86. The quantitative estimate of drug-likeness (QED) is 0.780. The van der Waals surface area contributed by atoms with Crippen molar-refractivity contribution in [2.45, 2.75) is 57.2 Å². The minimum Gasteiger partial charge on any atom is -0.389 e. The van der Waals surface area contributed by atoms with Crippen molar-refractivity contribution < 1.29 is 9.84 Å². The molecule has 0 radical (unpaired) electrons. The molecule has 0 aromatic rings. The van der Waals surface area contributed by atoms with Gasteiger partial charge in [0.25, 0.3) is 0 Å². The molecule has 1 saturated carbocycles. The van der Waals surface area contributed by atoms with Crippen LogP contribution in [0.4, 0.5) is 0 Å². The van der Waals surface area contributed by atoms with Crippen molar-refractivity contribution in [1.82, 2.24) is 4.90 Å². The third-order valence-electron chi connectivity index (χ3n) is 3.84. The van der Waals surface area contributed by atoms with Crippen molar-refractivity contribution in [3.8, 4) is 0 Å². The number of hydrogen-bond donors (Lipinski definition) is 1. The zero-order chi connectivity index (χ0) is 11.4. The first-order valence-electron chi connectivity index (χ1n) is 6.74. The lowest BCUT2D eigenvalue weighted by molar-refractivity contribution is -0.0305. The SMILES string of the molecule is CC1CN(CC2(O)CCCCC2)CCCO1. The molecule has 1 aliphatic heterocycles. The molecule has 1 unspecified atom stereocenters. The van der Waals surface area contributed by atoms with Gasteiger partial charge in [-0.25, -0.2) is 0 Å². The van der Waals surface area contributed by atoms with E-state index in [1.807, 2.05) is 0 Å². The fourth-order valence-electron chi connectivity index (χ4n) is 3.01. The van der Waals surface area contributed by atoms with Gasteiger partial charge in [-0.15, -0.1) is 0 Å². The van der Waals surface area contributed by atoms with Gasteiger partial charge in [0.05, 0.1) is 11.7 Å². The van der Waals surface area contributed by atoms with Crippen molar-refractivity contribution in [2.24, 2.45) is 0 Å². The van der Waals surface area contributed by atoms with Gasteiger partial charge < -0.3 is 9.84 Å². The fourth-order valence-corrected chi connectivity index (χ4v) is 3.01. The van der Waals surface area contributed by atoms with E-state index in [9.17, 15) is 5.11 Å². The summed E-state index contributed by atoms with van der Waals surface area (Å²) >= 11 is 0. The molecule has 3 nitrogen and oxygen atoms in total. The van der Waals surface area contributed by atoms with Gasteiger partial charge in [-0.3, -0.25) is 4.90 Å². The maximum Gasteiger partial charge on any atom is 0.0774 e. The molecule has 0 aromatic heterocycles. The smallest absolute Gasteiger partial charge is 0.0774 e. The third kappa shape index (κ3) is 3.44. The fraction of sp³-hybridized carbons (Fsp3) is 1.00. The summed E-state index contributed by atoms with van der Waals surface area (Å²) in [6.45, 7) is 5.90. The summed E-state index contributed by atoms with van der Waals surface area (Å²) in [5.41, 5.74) is -0.414. The monoisotopic (exact) mass is 227 g/mol. The number of β-amino-alcohol motifs (C(OH)–C–C–N with tert-alkyl or cyclic N) is 1. The molecule has 1 heterocycles. The molecule has 1 atom stereocenters. The number of rotatable bonds is 2. The Hall–Kier alpha value is -0.120. The van der Waals surface area contributed by atoms with E-state index in [0.717, 1.165) is 45.5 Å². The summed E-state index contributed by atoms with van der Waals surface area (Å²) < 4.78 is 5.63. The van der Waals surface area contributed by atoms with Crippen LogP contribution < -0.4 is 0 Å². The molecular weight excluding hydrogens is 202 g/mol. The normalized spacial score (nSPS) is 32.2. The van der Waals surface area contributed by atoms with Crippen LogP contribution in [0.5, 0.6) is 0 Å². The lowest BCUT2D eigenvalue weighted by Crippen LogP contribution is -2.46. The second-order valence-corrected chi connectivity index (χ2v) is 5.56. The molecule has 2 aliphatic rings. The molecule has 1 aliphatic carbocycles. The second kappa shape index (κ2) is 5.48. The Morgan fingerprint density at radius 1 is 1.25 bits per heavy atom. The summed E-state index contributed by atoms with van der Waals surface area (Å²) in [6, 6.07) is 0. The van der Waals surface area contributed by atoms with Crippen LogP contribution in [0.1, 0.15) is 45.4 Å². The summed E-state index contributed by atoms with van der Waals surface area (Å²) in [7, 11) is 0. The third-order valence-corrected chi connectivity index (χ3v) is 3.84. The minimum absolute atomic E-state index is 0.315. The van der Waals surface area contributed by atoms with Gasteiger partial charge in [0.2, 0.25) is 0 Å². The molecule has 0 aromatic carbocycles. The van der Waals surface area contributed by atoms with Gasteiger partial charge >= 0.3 is 0 Å². The summed E-state index contributed by atoms with van der Waals surface area (Å²) in [6.07, 6.45) is 7.06. The van der Waals surface area contributed by atoms with E-state index in [1.165, 1.54) is 19.3 Å². The standard InChI is InChI=1S/C13H25NO2/c1-12-10-14(8-5-9-16-12)11-13(15)6-3-2-4-7-13/h12,15H,2-11H2,1H3. The van der Waals surface area contributed by atoms with E-state index in [1.54, 1.807) is 0 Å². The Bertz CT molecular complexity index is 214. The molecule has 0 amide bonds. The van der Waals surface area contributed by atoms with E-state index in [4.69, 9.17) is 4.74 Å². The zero-order valence-corrected chi connectivity index (χ0v) is 10.5. The van der Waals surface area contributed by atoms with Crippen LogP contribution >= 0.6 is 0 Å². The number of nitrogens with zero attached hydrogens (tertiary/aromatic N) is 1. The highest BCUT2D eigenvalue weighted by atomic mass is 16.5. The summed E-state index contributed by atoms with van der Waals surface area (Å²) in [5.74, 6) is 0. The predicted octanol–water partition coefficient (Wildman–Crippen LogP) is 1.79. The van der Waals surface area contributed by atoms with Crippen LogP contribution in [0, 0.1) is 0 Å². The Morgan fingerprint density at radius 2 is 2.00 bits per heavy atom. The van der Waals surface area contributed by atoms with Gasteiger partial charge in [-0.05, 0) is 26.2 Å². The Labute approximate surface area is 98.8 Å². The molecule has 1 saturated heterocycles. The van der Waals surface area contributed by atoms with Gasteiger partial charge in [0, 0.05) is 26.2 Å². The highest BCUT2D eigenvalue weighted by Crippen LogP contribution is 2.29. The van der Waals surface area contributed by atoms with Crippen molar-refractivity contribution in [3.05, 3.63) is 0 Å². The van der Waals surface area contributed by atoms with Crippen LogP contribution in [-0.2, 0) is 4.74 Å². The van der Waals surface area contributed by atoms with E-state index in [0.29, 0.717) is 6.10 Å². The van der Waals surface area contributed by atoms with Gasteiger partial charge in [-0.1, -0.05) is 19.3 Å². The first-order chi connectivity index (χ1) is 7.68. The molecule has 2 fully saturated rings. The minimum atomic E-state index is -0.414. The van der Waals surface area contributed by atoms with Gasteiger partial charge in [0.15, 0.2) is 0 Å². The predicted molar refractivity (Wildman–Crippen MR) is 64.5 cm³/mol. The van der Waals surface area contributed by atoms with Crippen LogP contribution in [0.2, 0.25) is 0 Å². The van der Waals surface area contributed by atoms with Crippen LogP contribution in [0.25, 0.3) is 0 Å². The van der Waals surface area contributed by atoms with Gasteiger partial charge in [0.1, 0.15) is 0 Å². The molecular formula is C13H25NO2. The Kier molecular flexibility index (Phi) is 4.22. The summed E-state index contributed by atoms with van der Waals surface area (Å²) in [4.78, 5) is 2.39. The average Bonchev–Trinajstić information content (AvgIpc) is 2.43. The zero-order valence-electron chi connectivity index (χ0n) is 10.5. The average molecular weight is 227 g/mol. The topological polar surface area (TPSA) is 32.7 Å². The molecule has 94 valence electrons. The molecule has 0 bridgehead atoms. The van der Waals surface area contributed by atoms with Crippen molar-refractivity contribution in [1.29, 1.82) is 0 Å². The largest absolute Gasteiger partial charge is 0.389 e.